The van der Waals surface area contributed by atoms with Crippen LogP contribution >= 0.6 is 0 Å². The summed E-state index contributed by atoms with van der Waals surface area (Å²) in [6.07, 6.45) is -8.18. The van der Waals surface area contributed by atoms with E-state index in [-0.39, 0.29) is 25.0 Å². The van der Waals surface area contributed by atoms with Gasteiger partial charge in [0.15, 0.2) is 0 Å². The summed E-state index contributed by atoms with van der Waals surface area (Å²) in [5, 5.41) is 47.4. The number of esters is 3. The molecule has 4 rings (SSSR count). The van der Waals surface area contributed by atoms with Crippen molar-refractivity contribution in [2.45, 2.75) is 109 Å². The van der Waals surface area contributed by atoms with Crippen molar-refractivity contribution in [3.05, 3.63) is 11.1 Å². The molecular weight excluding hydrogens is 488 g/mol. The second-order valence-corrected chi connectivity index (χ2v) is 11.8. The molecule has 11 heteroatoms. The summed E-state index contributed by atoms with van der Waals surface area (Å²) < 4.78 is 22.8. The Labute approximate surface area is 215 Å². The predicted octanol–water partition coefficient (Wildman–Crippen LogP) is 0.151. The highest BCUT2D eigenvalue weighted by molar-refractivity contribution is 5.68. The quantitative estimate of drug-likeness (QED) is 0.171. The van der Waals surface area contributed by atoms with Gasteiger partial charge in [-0.15, -0.1) is 0 Å². The molecule has 208 valence electrons. The third kappa shape index (κ3) is 3.84. The van der Waals surface area contributed by atoms with Crippen LogP contribution in [0, 0.1) is 16.7 Å². The number of hydrogen-bond donors (Lipinski definition) is 4. The number of ether oxygens (including phenoxy) is 4. The zero-order chi connectivity index (χ0) is 27.9. The maximum atomic E-state index is 12.6. The molecule has 2 bridgehead atoms. The number of aliphatic hydroxyl groups excluding tert-OH is 3. The van der Waals surface area contributed by atoms with Gasteiger partial charge < -0.3 is 39.4 Å². The normalized spacial score (nSPS) is 46.3. The number of aliphatic hydroxyl groups is 4. The highest BCUT2D eigenvalue weighted by atomic mass is 16.6. The van der Waals surface area contributed by atoms with E-state index in [9.17, 15) is 34.8 Å². The van der Waals surface area contributed by atoms with Gasteiger partial charge in [0, 0.05) is 50.4 Å². The van der Waals surface area contributed by atoms with Crippen molar-refractivity contribution in [3.8, 4) is 0 Å². The fourth-order valence-electron chi connectivity index (χ4n) is 7.46. The summed E-state index contributed by atoms with van der Waals surface area (Å²) in [5.74, 6) is -3.08. The van der Waals surface area contributed by atoms with Gasteiger partial charge in [0.2, 0.25) is 0 Å². The van der Waals surface area contributed by atoms with E-state index in [1.165, 1.54) is 20.8 Å². The minimum atomic E-state index is -1.96. The smallest absolute Gasteiger partial charge is 0.303 e. The van der Waals surface area contributed by atoms with Crippen molar-refractivity contribution in [2.75, 3.05) is 6.61 Å². The summed E-state index contributed by atoms with van der Waals surface area (Å²) in [7, 11) is 0. The first-order valence-corrected chi connectivity index (χ1v) is 12.6. The standard InChI is InChI=1S/C26H38O11/c1-11-15(35-12(2)27)9-26(33)22(37-14(4)29)20-24(7,21(32)19(31)18(11)23(26,5)6)16(30)8-17(36-13(3)28)25(20)10-34-25/h15-17,19-22,30-33H,8-10H2,1-7H3/t15-,16-,17-,19+,20-,21-,22-,24+,25+,26+/m0/s1. The van der Waals surface area contributed by atoms with Gasteiger partial charge in [0.1, 0.15) is 35.6 Å². The van der Waals surface area contributed by atoms with E-state index in [1.807, 2.05) is 0 Å². The molecule has 3 fully saturated rings. The Hall–Kier alpha value is -2.05. The lowest BCUT2D eigenvalue weighted by Crippen LogP contribution is -2.76. The Morgan fingerprint density at radius 2 is 1.49 bits per heavy atom. The zero-order valence-electron chi connectivity index (χ0n) is 22.3. The lowest BCUT2D eigenvalue weighted by atomic mass is 9.46. The van der Waals surface area contributed by atoms with Crippen molar-refractivity contribution in [2.24, 2.45) is 16.7 Å². The fourth-order valence-corrected chi connectivity index (χ4v) is 7.46. The van der Waals surface area contributed by atoms with Crippen LogP contribution in [0.15, 0.2) is 11.1 Å². The molecule has 0 aromatic rings. The van der Waals surface area contributed by atoms with Crippen LogP contribution < -0.4 is 0 Å². The minimum Gasteiger partial charge on any atom is -0.459 e. The Morgan fingerprint density at radius 1 is 0.946 bits per heavy atom. The van der Waals surface area contributed by atoms with Crippen molar-refractivity contribution in [1.82, 2.24) is 0 Å². The third-order valence-electron chi connectivity index (χ3n) is 9.45. The Morgan fingerprint density at radius 3 is 1.97 bits per heavy atom. The number of epoxide rings is 1. The van der Waals surface area contributed by atoms with E-state index in [0.29, 0.717) is 5.57 Å². The molecule has 37 heavy (non-hydrogen) atoms. The average molecular weight is 527 g/mol. The molecule has 1 heterocycles. The van der Waals surface area contributed by atoms with Gasteiger partial charge in [0.25, 0.3) is 0 Å². The summed E-state index contributed by atoms with van der Waals surface area (Å²) in [6.45, 7) is 10.2. The minimum absolute atomic E-state index is 0.0457. The largest absolute Gasteiger partial charge is 0.459 e. The summed E-state index contributed by atoms with van der Waals surface area (Å²) in [6, 6.07) is 0. The molecular formula is C26H38O11. The molecule has 10 atom stereocenters. The predicted molar refractivity (Wildman–Crippen MR) is 126 cm³/mol. The first kappa shape index (κ1) is 28.0. The van der Waals surface area contributed by atoms with Crippen LogP contribution in [-0.4, -0.2) is 92.8 Å². The Balaban J connectivity index is 2.03. The van der Waals surface area contributed by atoms with Crippen LogP contribution in [-0.2, 0) is 33.3 Å². The van der Waals surface area contributed by atoms with Crippen molar-refractivity contribution < 1.29 is 53.8 Å². The topological polar surface area (TPSA) is 172 Å². The number of carbonyl (C=O) groups is 3. The lowest BCUT2D eigenvalue weighted by Gasteiger charge is -2.64. The van der Waals surface area contributed by atoms with Gasteiger partial charge in [-0.3, -0.25) is 14.4 Å². The van der Waals surface area contributed by atoms with Crippen molar-refractivity contribution in [1.29, 1.82) is 0 Å². The molecule has 0 radical (unpaired) electrons. The van der Waals surface area contributed by atoms with Crippen LogP contribution in [0.2, 0.25) is 0 Å². The van der Waals surface area contributed by atoms with Crippen LogP contribution in [0.3, 0.4) is 0 Å². The van der Waals surface area contributed by atoms with E-state index in [0.717, 1.165) is 0 Å². The Kier molecular flexibility index (Phi) is 6.61. The number of carbonyl (C=O) groups excluding carboxylic acids is 3. The van der Waals surface area contributed by atoms with Gasteiger partial charge in [-0.25, -0.2) is 0 Å². The van der Waals surface area contributed by atoms with Gasteiger partial charge >= 0.3 is 17.9 Å². The molecule has 1 spiro atoms. The maximum absolute atomic E-state index is 12.6. The molecule has 11 nitrogen and oxygen atoms in total. The Bertz CT molecular complexity index is 1030. The average Bonchev–Trinajstić information content (AvgIpc) is 3.54. The lowest BCUT2D eigenvalue weighted by molar-refractivity contribution is -0.279. The summed E-state index contributed by atoms with van der Waals surface area (Å²) in [5.41, 5.74) is -5.45. The highest BCUT2D eigenvalue weighted by Crippen LogP contribution is 2.65. The fraction of sp³-hybridized carbons (Fsp3) is 0.808. The molecule has 4 N–H and O–H groups in total. The SMILES string of the molecule is CC(=O)O[C@H]1C[C@@]2(O)[C@@H](OC(C)=O)[C@@H]3[C@@]4(CO4)[C@@H](OC(C)=O)C[C@H](O)[C@@]3(C)[C@@H](O)[C@H](O)C(=C1C)C2(C)C. The van der Waals surface area contributed by atoms with Crippen molar-refractivity contribution in [3.63, 3.8) is 0 Å². The highest BCUT2D eigenvalue weighted by Gasteiger charge is 2.78. The second-order valence-electron chi connectivity index (χ2n) is 11.8. The van der Waals surface area contributed by atoms with Crippen LogP contribution in [0.1, 0.15) is 61.3 Å². The van der Waals surface area contributed by atoms with Gasteiger partial charge in [-0.2, -0.15) is 0 Å². The van der Waals surface area contributed by atoms with Gasteiger partial charge in [-0.05, 0) is 18.1 Å². The van der Waals surface area contributed by atoms with Crippen LogP contribution in [0.5, 0.6) is 0 Å². The number of hydrogen-bond acceptors (Lipinski definition) is 11. The molecule has 4 aliphatic rings. The molecule has 0 unspecified atom stereocenters. The van der Waals surface area contributed by atoms with E-state index in [4.69, 9.17) is 18.9 Å². The van der Waals surface area contributed by atoms with E-state index in [1.54, 1.807) is 27.7 Å². The second kappa shape index (κ2) is 8.74. The summed E-state index contributed by atoms with van der Waals surface area (Å²) in [4.78, 5) is 36.4. The van der Waals surface area contributed by atoms with E-state index < -0.39 is 82.5 Å². The van der Waals surface area contributed by atoms with Crippen LogP contribution in [0.4, 0.5) is 0 Å². The maximum Gasteiger partial charge on any atom is 0.303 e. The molecule has 0 aromatic carbocycles. The van der Waals surface area contributed by atoms with E-state index >= 15 is 0 Å². The molecule has 3 aliphatic carbocycles. The third-order valence-corrected chi connectivity index (χ3v) is 9.45. The van der Waals surface area contributed by atoms with Crippen molar-refractivity contribution >= 4 is 17.9 Å². The monoisotopic (exact) mass is 526 g/mol. The van der Waals surface area contributed by atoms with E-state index in [2.05, 4.69) is 0 Å². The molecule has 1 aliphatic heterocycles. The molecule has 0 amide bonds. The van der Waals surface area contributed by atoms with Gasteiger partial charge in [-0.1, -0.05) is 20.8 Å². The van der Waals surface area contributed by atoms with Crippen LogP contribution in [0.25, 0.3) is 0 Å². The summed E-state index contributed by atoms with van der Waals surface area (Å²) >= 11 is 0. The first-order valence-electron chi connectivity index (χ1n) is 12.6. The van der Waals surface area contributed by atoms with Gasteiger partial charge in [0.05, 0.1) is 18.8 Å². The molecule has 1 saturated heterocycles. The molecule has 2 saturated carbocycles. The number of rotatable bonds is 3. The molecule has 0 aromatic heterocycles. The zero-order valence-corrected chi connectivity index (χ0v) is 22.3. The number of fused-ring (bicyclic) bond motifs is 4. The first-order chi connectivity index (χ1) is 16.9.